The number of allylic oxidation sites excluding steroid dienone is 1. The fourth-order valence-electron chi connectivity index (χ4n) is 2.84. The van der Waals surface area contributed by atoms with Crippen molar-refractivity contribution in [2.24, 2.45) is 0 Å². The fourth-order valence-corrected chi connectivity index (χ4v) is 2.84. The molecule has 140 valence electrons. The van der Waals surface area contributed by atoms with Gasteiger partial charge >= 0.3 is 5.97 Å². The summed E-state index contributed by atoms with van der Waals surface area (Å²) < 4.78 is 24.3. The molecule has 0 N–H and O–H groups in total. The Morgan fingerprint density at radius 1 is 1.07 bits per heavy atom. The second-order valence-electron chi connectivity index (χ2n) is 6.08. The Balaban J connectivity index is 1.69. The summed E-state index contributed by atoms with van der Waals surface area (Å²) in [6, 6.07) is 11.2. The molecular formula is C21H20FNO4. The van der Waals surface area contributed by atoms with Crippen LogP contribution in [0.3, 0.4) is 0 Å². The Bertz CT molecular complexity index is 855. The monoisotopic (exact) mass is 369 g/mol. The predicted octanol–water partition coefficient (Wildman–Crippen LogP) is 3.35. The van der Waals surface area contributed by atoms with E-state index in [4.69, 9.17) is 4.74 Å². The van der Waals surface area contributed by atoms with Crippen molar-refractivity contribution in [1.29, 1.82) is 0 Å². The van der Waals surface area contributed by atoms with E-state index >= 15 is 0 Å². The number of halogens is 1. The molecule has 0 bridgehead atoms. The number of hydrogen-bond acceptors (Lipinski definition) is 5. The van der Waals surface area contributed by atoms with Crippen molar-refractivity contribution in [3.05, 3.63) is 71.0 Å². The topological polar surface area (TPSA) is 55.8 Å². The molecule has 0 aliphatic carbocycles. The summed E-state index contributed by atoms with van der Waals surface area (Å²) in [7, 11) is 1.32. The number of methoxy groups -OCH3 is 1. The lowest BCUT2D eigenvalue weighted by Gasteiger charge is -2.29. The maximum Gasteiger partial charge on any atom is 0.337 e. The van der Waals surface area contributed by atoms with Crippen LogP contribution in [0.2, 0.25) is 0 Å². The molecule has 2 aromatic carbocycles. The Morgan fingerprint density at radius 3 is 2.37 bits per heavy atom. The highest BCUT2D eigenvalue weighted by Crippen LogP contribution is 2.22. The average molecular weight is 369 g/mol. The van der Waals surface area contributed by atoms with Gasteiger partial charge in [-0.25, -0.2) is 9.18 Å². The van der Waals surface area contributed by atoms with Gasteiger partial charge in [-0.2, -0.15) is 0 Å². The van der Waals surface area contributed by atoms with Gasteiger partial charge in [-0.15, -0.1) is 0 Å². The van der Waals surface area contributed by atoms with Crippen LogP contribution in [0.4, 0.5) is 10.1 Å². The van der Waals surface area contributed by atoms with Gasteiger partial charge in [0.1, 0.15) is 5.82 Å². The molecule has 0 saturated carbocycles. The minimum Gasteiger partial charge on any atom is -0.465 e. The van der Waals surface area contributed by atoms with E-state index in [-0.39, 0.29) is 11.3 Å². The largest absolute Gasteiger partial charge is 0.465 e. The molecule has 27 heavy (non-hydrogen) atoms. The third kappa shape index (κ3) is 4.60. The molecule has 1 aliphatic rings. The summed E-state index contributed by atoms with van der Waals surface area (Å²) in [4.78, 5) is 25.6. The van der Waals surface area contributed by atoms with E-state index in [9.17, 15) is 14.0 Å². The zero-order valence-electron chi connectivity index (χ0n) is 15.0. The molecule has 0 aromatic heterocycles. The van der Waals surface area contributed by atoms with E-state index in [1.54, 1.807) is 42.5 Å². The maximum atomic E-state index is 14.4. The molecule has 6 heteroatoms. The summed E-state index contributed by atoms with van der Waals surface area (Å²) in [5.41, 5.74) is 1.95. The van der Waals surface area contributed by atoms with Crippen LogP contribution in [-0.4, -0.2) is 45.2 Å². The maximum absolute atomic E-state index is 14.4. The number of esters is 1. The lowest BCUT2D eigenvalue weighted by atomic mass is 10.1. The van der Waals surface area contributed by atoms with Crippen LogP contribution in [0, 0.1) is 5.82 Å². The third-order valence-corrected chi connectivity index (χ3v) is 4.34. The van der Waals surface area contributed by atoms with Crippen molar-refractivity contribution in [2.45, 2.75) is 0 Å². The van der Waals surface area contributed by atoms with Crippen molar-refractivity contribution in [2.75, 3.05) is 38.3 Å². The minimum absolute atomic E-state index is 0.284. The minimum atomic E-state index is -0.419. The van der Waals surface area contributed by atoms with Crippen LogP contribution >= 0.6 is 0 Å². The van der Waals surface area contributed by atoms with E-state index in [0.29, 0.717) is 37.6 Å². The van der Waals surface area contributed by atoms with E-state index < -0.39 is 11.8 Å². The number of carbonyl (C=O) groups excluding carboxylic acids is 2. The molecule has 0 atom stereocenters. The normalized spacial score (nSPS) is 14.4. The van der Waals surface area contributed by atoms with Gasteiger partial charge in [0.2, 0.25) is 0 Å². The van der Waals surface area contributed by atoms with Gasteiger partial charge < -0.3 is 14.4 Å². The summed E-state index contributed by atoms with van der Waals surface area (Å²) in [6.45, 7) is 2.40. The fraction of sp³-hybridized carbons (Fsp3) is 0.238. The van der Waals surface area contributed by atoms with Crippen LogP contribution in [-0.2, 0) is 9.47 Å². The summed E-state index contributed by atoms with van der Waals surface area (Å²) in [5.74, 6) is -1.13. The summed E-state index contributed by atoms with van der Waals surface area (Å²) in [6.07, 6.45) is 3.01. The first kappa shape index (κ1) is 18.8. The molecule has 0 unspecified atom stereocenters. The lowest BCUT2D eigenvalue weighted by Crippen LogP contribution is -2.36. The predicted molar refractivity (Wildman–Crippen MR) is 101 cm³/mol. The highest BCUT2D eigenvalue weighted by Gasteiger charge is 2.16. The number of hydrogen-bond donors (Lipinski definition) is 0. The Kier molecular flexibility index (Phi) is 5.98. The van der Waals surface area contributed by atoms with Gasteiger partial charge in [0.05, 0.1) is 31.6 Å². The molecule has 0 spiro atoms. The first-order valence-electron chi connectivity index (χ1n) is 8.61. The van der Waals surface area contributed by atoms with Gasteiger partial charge in [-0.3, -0.25) is 4.79 Å². The summed E-state index contributed by atoms with van der Waals surface area (Å²) >= 11 is 0. The molecule has 2 aromatic rings. The van der Waals surface area contributed by atoms with E-state index in [1.807, 2.05) is 4.90 Å². The van der Waals surface area contributed by atoms with Crippen molar-refractivity contribution in [3.8, 4) is 0 Å². The van der Waals surface area contributed by atoms with Crippen molar-refractivity contribution < 1.29 is 23.5 Å². The molecule has 1 fully saturated rings. The van der Waals surface area contributed by atoms with Gasteiger partial charge in [0.25, 0.3) is 0 Å². The highest BCUT2D eigenvalue weighted by molar-refractivity contribution is 6.07. The van der Waals surface area contributed by atoms with Gasteiger partial charge in [0, 0.05) is 18.7 Å². The van der Waals surface area contributed by atoms with E-state index in [1.165, 1.54) is 19.3 Å². The van der Waals surface area contributed by atoms with Crippen LogP contribution in [0.15, 0.2) is 48.5 Å². The van der Waals surface area contributed by atoms with Crippen LogP contribution < -0.4 is 4.90 Å². The number of rotatable bonds is 5. The number of anilines is 1. The Labute approximate surface area is 157 Å². The van der Waals surface area contributed by atoms with Gasteiger partial charge in [0.15, 0.2) is 5.78 Å². The number of nitrogens with zero attached hydrogens (tertiary/aromatic N) is 1. The third-order valence-electron chi connectivity index (χ3n) is 4.34. The smallest absolute Gasteiger partial charge is 0.337 e. The lowest BCUT2D eigenvalue weighted by molar-refractivity contribution is 0.0600. The number of morpholine rings is 1. The first-order chi connectivity index (χ1) is 13.1. The van der Waals surface area contributed by atoms with E-state index in [2.05, 4.69) is 4.74 Å². The Morgan fingerprint density at radius 2 is 1.74 bits per heavy atom. The molecule has 1 heterocycles. The molecule has 1 saturated heterocycles. The Hall–Kier alpha value is -2.99. The average Bonchev–Trinajstić information content (AvgIpc) is 2.72. The summed E-state index contributed by atoms with van der Waals surface area (Å²) in [5, 5.41) is 0. The second kappa shape index (κ2) is 8.60. The SMILES string of the molecule is COC(=O)c1ccc(/C=C/C(=O)c2ccc(N3CCOCC3)c(F)c2)cc1. The number of carbonyl (C=O) groups is 2. The van der Waals surface area contributed by atoms with Crippen molar-refractivity contribution >= 4 is 23.5 Å². The highest BCUT2D eigenvalue weighted by atomic mass is 19.1. The van der Waals surface area contributed by atoms with Gasteiger partial charge in [-0.05, 0) is 42.0 Å². The number of benzene rings is 2. The van der Waals surface area contributed by atoms with Crippen LogP contribution in [0.1, 0.15) is 26.3 Å². The number of ether oxygens (including phenoxy) is 2. The second-order valence-corrected chi connectivity index (χ2v) is 6.08. The number of ketones is 1. The quantitative estimate of drug-likeness (QED) is 0.460. The van der Waals surface area contributed by atoms with Crippen molar-refractivity contribution in [3.63, 3.8) is 0 Å². The molecular weight excluding hydrogens is 349 g/mol. The zero-order chi connectivity index (χ0) is 19.2. The van der Waals surface area contributed by atoms with Crippen LogP contribution in [0.5, 0.6) is 0 Å². The molecule has 1 aliphatic heterocycles. The first-order valence-corrected chi connectivity index (χ1v) is 8.61. The molecule has 5 nitrogen and oxygen atoms in total. The molecule has 0 radical (unpaired) electrons. The van der Waals surface area contributed by atoms with Gasteiger partial charge in [-0.1, -0.05) is 18.2 Å². The zero-order valence-corrected chi connectivity index (χ0v) is 15.0. The van der Waals surface area contributed by atoms with Crippen LogP contribution in [0.25, 0.3) is 6.08 Å². The molecule has 0 amide bonds. The van der Waals surface area contributed by atoms with E-state index in [0.717, 1.165) is 5.56 Å². The van der Waals surface area contributed by atoms with Crippen molar-refractivity contribution in [1.82, 2.24) is 0 Å². The molecule has 3 rings (SSSR count). The standard InChI is InChI=1S/C21H20FNO4/c1-26-21(25)16-5-2-15(3-6-16)4-9-20(24)17-7-8-19(18(22)14-17)23-10-12-27-13-11-23/h2-9,14H,10-13H2,1H3/b9-4+.